The molecule has 0 saturated heterocycles. The third kappa shape index (κ3) is 3.32. The standard InChI is InChI=1S/C11H11ClF2O3S/c12-18(15,16)10-6-8(13)5-9(14)11(10)17-4-3-7-1-2-7/h5-7H,1-4H2. The molecule has 0 N–H and O–H groups in total. The van der Waals surface area contributed by atoms with E-state index in [0.29, 0.717) is 18.1 Å². The van der Waals surface area contributed by atoms with E-state index in [1.54, 1.807) is 0 Å². The Bertz CT molecular complexity index is 556. The molecule has 100 valence electrons. The average Bonchev–Trinajstić information content (AvgIpc) is 3.03. The van der Waals surface area contributed by atoms with Gasteiger partial charge in [0.1, 0.15) is 10.7 Å². The maximum Gasteiger partial charge on any atom is 0.265 e. The van der Waals surface area contributed by atoms with E-state index in [2.05, 4.69) is 0 Å². The van der Waals surface area contributed by atoms with Crippen molar-refractivity contribution in [1.29, 1.82) is 0 Å². The highest BCUT2D eigenvalue weighted by Crippen LogP contribution is 2.34. The van der Waals surface area contributed by atoms with Crippen molar-refractivity contribution in [2.75, 3.05) is 6.61 Å². The van der Waals surface area contributed by atoms with E-state index < -0.39 is 31.3 Å². The number of benzene rings is 1. The molecule has 18 heavy (non-hydrogen) atoms. The van der Waals surface area contributed by atoms with Crippen molar-refractivity contribution in [1.82, 2.24) is 0 Å². The Labute approximate surface area is 108 Å². The van der Waals surface area contributed by atoms with Crippen molar-refractivity contribution in [3.8, 4) is 5.75 Å². The first kappa shape index (κ1) is 13.5. The van der Waals surface area contributed by atoms with Gasteiger partial charge >= 0.3 is 0 Å². The predicted molar refractivity (Wildman–Crippen MR) is 62.2 cm³/mol. The lowest BCUT2D eigenvalue weighted by Crippen LogP contribution is -2.05. The van der Waals surface area contributed by atoms with E-state index in [4.69, 9.17) is 15.4 Å². The van der Waals surface area contributed by atoms with E-state index in [0.717, 1.165) is 19.3 Å². The normalized spacial score (nSPS) is 15.7. The molecular weight excluding hydrogens is 286 g/mol. The van der Waals surface area contributed by atoms with Gasteiger partial charge in [0.2, 0.25) is 0 Å². The second-order valence-corrected chi connectivity index (χ2v) is 6.77. The molecule has 0 unspecified atom stereocenters. The van der Waals surface area contributed by atoms with Crippen LogP contribution in [0.1, 0.15) is 19.3 Å². The van der Waals surface area contributed by atoms with Gasteiger partial charge in [0.25, 0.3) is 9.05 Å². The minimum absolute atomic E-state index is 0.187. The van der Waals surface area contributed by atoms with Crippen LogP contribution >= 0.6 is 10.7 Å². The van der Waals surface area contributed by atoms with Gasteiger partial charge in [-0.05, 0) is 18.4 Å². The quantitative estimate of drug-likeness (QED) is 0.784. The van der Waals surface area contributed by atoms with Crippen LogP contribution in [0.5, 0.6) is 5.75 Å². The summed E-state index contributed by atoms with van der Waals surface area (Å²) in [5, 5.41) is 0. The zero-order chi connectivity index (χ0) is 13.3. The van der Waals surface area contributed by atoms with Gasteiger partial charge in [0, 0.05) is 16.7 Å². The number of hydrogen-bond acceptors (Lipinski definition) is 3. The summed E-state index contributed by atoms with van der Waals surface area (Å²) in [6.07, 6.45) is 2.93. The first-order valence-corrected chi connectivity index (χ1v) is 7.75. The van der Waals surface area contributed by atoms with Crippen LogP contribution in [0.3, 0.4) is 0 Å². The molecule has 1 aliphatic rings. The molecule has 0 radical (unpaired) electrons. The fourth-order valence-electron chi connectivity index (χ4n) is 1.59. The summed E-state index contributed by atoms with van der Waals surface area (Å²) in [4.78, 5) is -0.669. The fraction of sp³-hybridized carbons (Fsp3) is 0.455. The van der Waals surface area contributed by atoms with Crippen LogP contribution in [0, 0.1) is 17.6 Å². The molecule has 3 nitrogen and oxygen atoms in total. The summed E-state index contributed by atoms with van der Waals surface area (Å²) >= 11 is 0. The molecule has 0 atom stereocenters. The molecule has 0 amide bonds. The Balaban J connectivity index is 2.25. The van der Waals surface area contributed by atoms with Crippen LogP contribution in [-0.2, 0) is 9.05 Å². The minimum atomic E-state index is -4.25. The minimum Gasteiger partial charge on any atom is -0.489 e. The summed E-state index contributed by atoms with van der Waals surface area (Å²) in [7, 11) is 0.874. The van der Waals surface area contributed by atoms with Crippen molar-refractivity contribution in [3.63, 3.8) is 0 Å². The third-order valence-corrected chi connectivity index (χ3v) is 4.03. The molecule has 0 heterocycles. The Morgan fingerprint density at radius 1 is 1.33 bits per heavy atom. The highest BCUT2D eigenvalue weighted by Gasteiger charge is 2.24. The van der Waals surface area contributed by atoms with Crippen LogP contribution in [0.15, 0.2) is 17.0 Å². The second-order valence-electron chi connectivity index (χ2n) is 4.23. The summed E-state index contributed by atoms with van der Waals surface area (Å²) in [5.41, 5.74) is 0. The van der Waals surface area contributed by atoms with Crippen molar-refractivity contribution in [2.24, 2.45) is 5.92 Å². The van der Waals surface area contributed by atoms with Gasteiger partial charge in [0.15, 0.2) is 11.6 Å². The molecule has 0 aliphatic heterocycles. The molecule has 0 aromatic heterocycles. The summed E-state index contributed by atoms with van der Waals surface area (Å²) in [6, 6.07) is 1.22. The zero-order valence-electron chi connectivity index (χ0n) is 9.33. The summed E-state index contributed by atoms with van der Waals surface area (Å²) in [6.45, 7) is 0.187. The van der Waals surface area contributed by atoms with Gasteiger partial charge in [0.05, 0.1) is 6.61 Å². The first-order valence-electron chi connectivity index (χ1n) is 5.44. The molecule has 0 spiro atoms. The SMILES string of the molecule is O=S(=O)(Cl)c1cc(F)cc(F)c1OCCC1CC1. The summed E-state index contributed by atoms with van der Waals surface area (Å²) in [5.74, 6) is -2.03. The van der Waals surface area contributed by atoms with E-state index in [-0.39, 0.29) is 6.61 Å². The molecule has 7 heteroatoms. The van der Waals surface area contributed by atoms with Crippen molar-refractivity contribution < 1.29 is 21.9 Å². The lowest BCUT2D eigenvalue weighted by molar-refractivity contribution is 0.279. The largest absolute Gasteiger partial charge is 0.489 e. The Hall–Kier alpha value is -0.880. The topological polar surface area (TPSA) is 43.4 Å². The number of ether oxygens (including phenoxy) is 1. The van der Waals surface area contributed by atoms with E-state index in [1.807, 2.05) is 0 Å². The predicted octanol–water partition coefficient (Wildman–Crippen LogP) is 3.07. The lowest BCUT2D eigenvalue weighted by atomic mass is 10.3. The van der Waals surface area contributed by atoms with Crippen LogP contribution in [0.25, 0.3) is 0 Å². The highest BCUT2D eigenvalue weighted by molar-refractivity contribution is 8.13. The lowest BCUT2D eigenvalue weighted by Gasteiger charge is -2.10. The highest BCUT2D eigenvalue weighted by atomic mass is 35.7. The third-order valence-electron chi connectivity index (χ3n) is 2.71. The Morgan fingerprint density at radius 3 is 2.56 bits per heavy atom. The van der Waals surface area contributed by atoms with E-state index in [1.165, 1.54) is 0 Å². The van der Waals surface area contributed by atoms with Crippen LogP contribution < -0.4 is 4.74 Å². The summed E-state index contributed by atoms with van der Waals surface area (Å²) < 4.78 is 54.0. The molecule has 2 rings (SSSR count). The molecular formula is C11H11ClF2O3S. The van der Waals surface area contributed by atoms with Crippen LogP contribution in [0.4, 0.5) is 8.78 Å². The number of halogens is 3. The monoisotopic (exact) mass is 296 g/mol. The van der Waals surface area contributed by atoms with Crippen LogP contribution in [-0.4, -0.2) is 15.0 Å². The van der Waals surface area contributed by atoms with E-state index in [9.17, 15) is 17.2 Å². The zero-order valence-corrected chi connectivity index (χ0v) is 10.9. The van der Waals surface area contributed by atoms with Gasteiger partial charge in [-0.2, -0.15) is 0 Å². The Kier molecular flexibility index (Phi) is 3.77. The van der Waals surface area contributed by atoms with Crippen molar-refractivity contribution >= 4 is 19.7 Å². The fourth-order valence-corrected chi connectivity index (χ4v) is 2.57. The number of rotatable bonds is 5. The first-order chi connectivity index (χ1) is 8.38. The molecule has 1 aliphatic carbocycles. The molecule has 1 aromatic rings. The molecule has 1 fully saturated rings. The van der Waals surface area contributed by atoms with Gasteiger partial charge in [-0.1, -0.05) is 12.8 Å². The van der Waals surface area contributed by atoms with Gasteiger partial charge in [-0.15, -0.1) is 0 Å². The molecule has 1 saturated carbocycles. The van der Waals surface area contributed by atoms with Gasteiger partial charge < -0.3 is 4.74 Å². The van der Waals surface area contributed by atoms with Crippen molar-refractivity contribution in [2.45, 2.75) is 24.2 Å². The maximum absolute atomic E-state index is 13.5. The number of hydrogen-bond donors (Lipinski definition) is 0. The second kappa shape index (κ2) is 5.01. The maximum atomic E-state index is 13.5. The smallest absolute Gasteiger partial charge is 0.265 e. The van der Waals surface area contributed by atoms with Gasteiger partial charge in [-0.3, -0.25) is 0 Å². The molecule has 0 bridgehead atoms. The van der Waals surface area contributed by atoms with Crippen LogP contribution in [0.2, 0.25) is 0 Å². The van der Waals surface area contributed by atoms with E-state index >= 15 is 0 Å². The molecule has 1 aromatic carbocycles. The van der Waals surface area contributed by atoms with Gasteiger partial charge in [-0.25, -0.2) is 17.2 Å². The Morgan fingerprint density at radius 2 is 2.00 bits per heavy atom. The van der Waals surface area contributed by atoms with Crippen molar-refractivity contribution in [3.05, 3.63) is 23.8 Å². The average molecular weight is 297 g/mol.